The van der Waals surface area contributed by atoms with Crippen molar-refractivity contribution in [2.75, 3.05) is 35.9 Å². The number of phenolic OH excluding ortho intramolecular Hbond substituents is 1. The second kappa shape index (κ2) is 11.7. The van der Waals surface area contributed by atoms with E-state index in [1.165, 1.54) is 32.2 Å². The smallest absolute Gasteiger partial charge is 0.301 e. The highest BCUT2D eigenvalue weighted by atomic mass is 16.6. The zero-order chi connectivity index (χ0) is 36.7. The van der Waals surface area contributed by atoms with Crippen molar-refractivity contribution in [3.05, 3.63) is 98.1 Å². The van der Waals surface area contributed by atoms with Crippen LogP contribution in [0.4, 0.5) is 28.4 Å². The molecule has 15 nitrogen and oxygen atoms in total. The SMILES string of the molecule is COc1ccc([C@H]2C3=CC[C@@H]4C(=O)N(c5cc([N+](=O)[O-])c(N(C)C)c([N+](=O)[O-])c5)C(=O)[C@@H]4[C@@H]3C[C@H]3C(=O)N(c4ccccc4)C(=O)[C@@]23C)c(O)c1. The Bertz CT molecular complexity index is 2060. The van der Waals surface area contributed by atoms with Crippen molar-refractivity contribution >= 4 is 52.1 Å². The molecule has 1 saturated carbocycles. The molecule has 0 unspecified atom stereocenters. The number of carbonyl (C=O) groups is 4. The first-order valence-electron chi connectivity index (χ1n) is 16.2. The van der Waals surface area contributed by atoms with E-state index in [0.717, 1.165) is 21.9 Å². The van der Waals surface area contributed by atoms with Gasteiger partial charge in [-0.2, -0.15) is 0 Å². The van der Waals surface area contributed by atoms with Gasteiger partial charge in [-0.1, -0.05) is 35.9 Å². The Morgan fingerprint density at radius 2 is 1.51 bits per heavy atom. The van der Waals surface area contributed by atoms with Crippen LogP contribution in [-0.2, 0) is 19.2 Å². The first-order valence-corrected chi connectivity index (χ1v) is 16.2. The number of fused-ring (bicyclic) bond motifs is 4. The first-order chi connectivity index (χ1) is 24.2. The number of benzene rings is 3. The molecule has 3 aromatic rings. The molecule has 2 aliphatic heterocycles. The van der Waals surface area contributed by atoms with Crippen LogP contribution in [0.15, 0.2) is 72.3 Å². The van der Waals surface area contributed by atoms with Crippen molar-refractivity contribution in [2.24, 2.45) is 29.1 Å². The van der Waals surface area contributed by atoms with Crippen LogP contribution in [0.2, 0.25) is 0 Å². The van der Waals surface area contributed by atoms with Gasteiger partial charge >= 0.3 is 11.4 Å². The van der Waals surface area contributed by atoms with E-state index in [1.807, 2.05) is 0 Å². The molecule has 0 bridgehead atoms. The summed E-state index contributed by atoms with van der Waals surface area (Å²) >= 11 is 0. The summed E-state index contributed by atoms with van der Waals surface area (Å²) in [6, 6.07) is 15.1. The Balaban J connectivity index is 1.37. The summed E-state index contributed by atoms with van der Waals surface area (Å²) in [5, 5.41) is 35.5. The highest BCUT2D eigenvalue weighted by Crippen LogP contribution is 2.64. The molecule has 0 radical (unpaired) electrons. The molecule has 2 heterocycles. The van der Waals surface area contributed by atoms with E-state index >= 15 is 0 Å². The van der Waals surface area contributed by atoms with Crippen LogP contribution in [0.1, 0.15) is 31.2 Å². The minimum Gasteiger partial charge on any atom is -0.508 e. The van der Waals surface area contributed by atoms with Crippen LogP contribution in [0.5, 0.6) is 11.5 Å². The predicted octanol–water partition coefficient (Wildman–Crippen LogP) is 4.72. The van der Waals surface area contributed by atoms with Crippen molar-refractivity contribution in [1.82, 2.24) is 0 Å². The number of carbonyl (C=O) groups excluding carboxylic acids is 4. The number of hydrogen-bond acceptors (Lipinski definition) is 11. The number of methoxy groups -OCH3 is 1. The number of anilines is 3. The number of amides is 4. The number of para-hydroxylation sites is 1. The van der Waals surface area contributed by atoms with Crippen molar-refractivity contribution in [3.8, 4) is 11.5 Å². The minimum atomic E-state index is -1.40. The van der Waals surface area contributed by atoms with E-state index in [9.17, 15) is 44.5 Å². The van der Waals surface area contributed by atoms with E-state index < -0.39 is 79.9 Å². The molecule has 6 atom stereocenters. The summed E-state index contributed by atoms with van der Waals surface area (Å²) in [4.78, 5) is 83.1. The highest BCUT2D eigenvalue weighted by Gasteiger charge is 2.68. The monoisotopic (exact) mass is 695 g/mol. The lowest BCUT2D eigenvalue weighted by Gasteiger charge is -2.49. The topological polar surface area (TPSA) is 194 Å². The fraction of sp³-hybridized carbons (Fsp3) is 0.333. The predicted molar refractivity (Wildman–Crippen MR) is 182 cm³/mol. The standard InChI is InChI=1S/C36H33N5O10/c1-36-25(33(44)39(35(36)46)18-8-6-5-7-9-18)17-24-21(30(36)22-11-10-20(51-4)16-28(22)42)12-13-23-29(24)34(45)38(32(23)43)19-14-26(40(47)48)31(37(2)3)27(15-19)41(49)50/h5-12,14-16,23-25,29-30,42H,13,17H2,1-4H3/t23-,24+,25-,29-,30+,36+/m0/s1. The molecule has 0 aromatic heterocycles. The summed E-state index contributed by atoms with van der Waals surface area (Å²) in [5.41, 5.74) is -1.99. The van der Waals surface area contributed by atoms with E-state index in [1.54, 1.807) is 55.5 Å². The molecule has 51 heavy (non-hydrogen) atoms. The van der Waals surface area contributed by atoms with Crippen LogP contribution in [0.25, 0.3) is 0 Å². The number of ether oxygens (including phenoxy) is 1. The minimum absolute atomic E-state index is 0.0253. The third kappa shape index (κ3) is 4.71. The summed E-state index contributed by atoms with van der Waals surface area (Å²) in [5.74, 6) is -6.78. The molecular weight excluding hydrogens is 662 g/mol. The molecule has 2 aliphatic carbocycles. The van der Waals surface area contributed by atoms with Crippen LogP contribution < -0.4 is 19.4 Å². The number of nitro benzene ring substituents is 2. The Labute approximate surface area is 291 Å². The maximum atomic E-state index is 14.5. The molecule has 15 heteroatoms. The van der Waals surface area contributed by atoms with Gasteiger partial charge in [0.2, 0.25) is 23.6 Å². The van der Waals surface area contributed by atoms with Crippen molar-refractivity contribution in [1.29, 1.82) is 0 Å². The Morgan fingerprint density at radius 3 is 2.08 bits per heavy atom. The average molecular weight is 696 g/mol. The molecule has 2 saturated heterocycles. The third-order valence-electron chi connectivity index (χ3n) is 11.0. The number of rotatable bonds is 7. The van der Waals surface area contributed by atoms with Crippen LogP contribution in [0.3, 0.4) is 0 Å². The van der Waals surface area contributed by atoms with Gasteiger partial charge in [0.25, 0.3) is 0 Å². The molecule has 4 aliphatic rings. The Morgan fingerprint density at radius 1 is 0.863 bits per heavy atom. The maximum Gasteiger partial charge on any atom is 0.301 e. The Kier molecular flexibility index (Phi) is 7.69. The second-order valence-corrected chi connectivity index (χ2v) is 13.7. The summed E-state index contributed by atoms with van der Waals surface area (Å²) < 4.78 is 5.29. The van der Waals surface area contributed by atoms with Gasteiger partial charge in [-0.25, -0.2) is 9.80 Å². The number of imide groups is 2. The van der Waals surface area contributed by atoms with Gasteiger partial charge in [0.15, 0.2) is 5.69 Å². The number of phenols is 1. The van der Waals surface area contributed by atoms with Crippen molar-refractivity contribution in [2.45, 2.75) is 25.7 Å². The summed E-state index contributed by atoms with van der Waals surface area (Å²) in [6.07, 6.45) is 1.87. The van der Waals surface area contributed by atoms with E-state index in [0.29, 0.717) is 22.6 Å². The lowest BCUT2D eigenvalue weighted by Crippen LogP contribution is -2.48. The summed E-state index contributed by atoms with van der Waals surface area (Å²) in [7, 11) is 4.25. The van der Waals surface area contributed by atoms with Crippen molar-refractivity contribution in [3.63, 3.8) is 0 Å². The van der Waals surface area contributed by atoms with Gasteiger partial charge < -0.3 is 14.7 Å². The van der Waals surface area contributed by atoms with E-state index in [-0.39, 0.29) is 30.0 Å². The Hall–Kier alpha value is -6.12. The van der Waals surface area contributed by atoms with Gasteiger partial charge in [-0.3, -0.25) is 39.4 Å². The van der Waals surface area contributed by atoms with Crippen LogP contribution in [0, 0.1) is 49.3 Å². The third-order valence-corrected chi connectivity index (χ3v) is 11.0. The number of aromatic hydroxyl groups is 1. The normalized spacial score (nSPS) is 26.7. The van der Waals surface area contributed by atoms with Crippen LogP contribution >= 0.6 is 0 Å². The first kappa shape index (κ1) is 33.4. The molecule has 3 fully saturated rings. The van der Waals surface area contributed by atoms with Crippen LogP contribution in [-0.4, -0.2) is 59.8 Å². The zero-order valence-corrected chi connectivity index (χ0v) is 28.0. The summed E-state index contributed by atoms with van der Waals surface area (Å²) in [6.45, 7) is 1.69. The zero-order valence-electron chi connectivity index (χ0n) is 28.0. The molecule has 3 aromatic carbocycles. The fourth-order valence-corrected chi connectivity index (χ4v) is 8.79. The van der Waals surface area contributed by atoms with E-state index in [4.69, 9.17) is 4.74 Å². The molecule has 7 rings (SSSR count). The number of nitro groups is 2. The molecule has 0 spiro atoms. The van der Waals surface area contributed by atoms with Crippen molar-refractivity contribution < 1.29 is 38.9 Å². The molecule has 262 valence electrons. The lowest BCUT2D eigenvalue weighted by molar-refractivity contribution is -0.392. The maximum absolute atomic E-state index is 14.5. The quantitative estimate of drug-likeness (QED) is 0.156. The van der Waals surface area contributed by atoms with Gasteiger partial charge in [-0.05, 0) is 43.9 Å². The largest absolute Gasteiger partial charge is 0.508 e. The second-order valence-electron chi connectivity index (χ2n) is 13.7. The average Bonchev–Trinajstić information content (AvgIpc) is 3.47. The van der Waals surface area contributed by atoms with E-state index in [2.05, 4.69) is 0 Å². The number of allylic oxidation sites excluding steroid dienone is 2. The molecule has 4 amide bonds. The van der Waals surface area contributed by atoms with Gasteiger partial charge in [0.05, 0.1) is 51.5 Å². The molecular formula is C36H33N5O10. The van der Waals surface area contributed by atoms with Gasteiger partial charge in [-0.15, -0.1) is 0 Å². The fourth-order valence-electron chi connectivity index (χ4n) is 8.79. The highest BCUT2D eigenvalue weighted by molar-refractivity contribution is 6.25. The molecule has 1 N–H and O–H groups in total. The van der Waals surface area contributed by atoms with Gasteiger partial charge in [0.1, 0.15) is 11.5 Å². The number of nitrogens with zero attached hydrogens (tertiary/aromatic N) is 5. The number of hydrogen-bond donors (Lipinski definition) is 1. The lowest BCUT2D eigenvalue weighted by atomic mass is 9.51. The van der Waals surface area contributed by atoms with Gasteiger partial charge in [0, 0.05) is 43.8 Å².